The molecule has 5 aromatic rings. The second-order valence-electron chi connectivity index (χ2n) is 6.19. The van der Waals surface area contributed by atoms with E-state index in [-0.39, 0.29) is 11.7 Å². The van der Waals surface area contributed by atoms with Crippen molar-refractivity contribution in [3.8, 4) is 10.6 Å². The zero-order valence-electron chi connectivity index (χ0n) is 15.0. The van der Waals surface area contributed by atoms with Crippen LogP contribution in [0.1, 0.15) is 0 Å². The van der Waals surface area contributed by atoms with Gasteiger partial charge in [-0.15, -0.1) is 10.2 Å². The molecule has 1 amide bonds. The largest absolute Gasteiger partial charge is 0.293 e. The number of hydrogen-bond donors (Lipinski definition) is 1. The molecule has 0 atom stereocenters. The number of rotatable bonds is 5. The number of amides is 1. The highest BCUT2D eigenvalue weighted by molar-refractivity contribution is 7.99. The lowest BCUT2D eigenvalue weighted by Gasteiger charge is -2.04. The highest BCUT2D eigenvalue weighted by Gasteiger charge is 2.13. The van der Waals surface area contributed by atoms with Crippen molar-refractivity contribution in [1.82, 2.24) is 24.0 Å². The van der Waals surface area contributed by atoms with E-state index in [9.17, 15) is 4.79 Å². The number of pyridine rings is 1. The molecular formula is C20H14N6OS2. The minimum absolute atomic E-state index is 0.184. The summed E-state index contributed by atoms with van der Waals surface area (Å²) in [6, 6.07) is 21.7. The first-order valence-electron chi connectivity index (χ1n) is 8.82. The van der Waals surface area contributed by atoms with Crippen LogP contribution in [0, 0.1) is 0 Å². The molecule has 7 nitrogen and oxygen atoms in total. The first-order chi connectivity index (χ1) is 14.3. The number of aromatic nitrogens is 5. The van der Waals surface area contributed by atoms with Gasteiger partial charge >= 0.3 is 0 Å². The Balaban J connectivity index is 1.30. The normalized spacial score (nSPS) is 11.2. The number of benzene rings is 2. The van der Waals surface area contributed by atoms with Gasteiger partial charge in [0, 0.05) is 5.56 Å². The molecule has 0 aliphatic heterocycles. The Morgan fingerprint density at radius 3 is 2.72 bits per heavy atom. The molecule has 3 heterocycles. The van der Waals surface area contributed by atoms with Crippen LogP contribution in [-0.2, 0) is 4.79 Å². The molecule has 9 heteroatoms. The van der Waals surface area contributed by atoms with Gasteiger partial charge in [0.15, 0.2) is 10.8 Å². The Hall–Kier alpha value is -3.30. The summed E-state index contributed by atoms with van der Waals surface area (Å²) in [7, 11) is 0. The lowest BCUT2D eigenvalue weighted by molar-refractivity contribution is -0.113. The maximum atomic E-state index is 12.4. The molecule has 0 radical (unpaired) electrons. The van der Waals surface area contributed by atoms with Crippen LogP contribution < -0.4 is 5.32 Å². The van der Waals surface area contributed by atoms with Gasteiger partial charge in [-0.2, -0.15) is 9.36 Å². The van der Waals surface area contributed by atoms with Crippen LogP contribution in [0.5, 0.6) is 0 Å². The van der Waals surface area contributed by atoms with Crippen LogP contribution >= 0.6 is 23.3 Å². The number of nitrogens with zero attached hydrogens (tertiary/aromatic N) is 5. The molecule has 0 bridgehead atoms. The Kier molecular flexibility index (Phi) is 4.66. The summed E-state index contributed by atoms with van der Waals surface area (Å²) >= 11 is 2.58. The molecule has 142 valence electrons. The van der Waals surface area contributed by atoms with Gasteiger partial charge in [0.05, 0.1) is 11.3 Å². The fourth-order valence-electron chi connectivity index (χ4n) is 2.97. The van der Waals surface area contributed by atoms with E-state index in [1.54, 1.807) is 0 Å². The van der Waals surface area contributed by atoms with E-state index in [0.29, 0.717) is 11.1 Å². The third kappa shape index (κ3) is 3.57. The molecule has 1 N–H and O–H groups in total. The zero-order chi connectivity index (χ0) is 19.6. The maximum absolute atomic E-state index is 12.4. The molecule has 0 saturated heterocycles. The average Bonchev–Trinajstić information content (AvgIpc) is 3.40. The summed E-state index contributed by atoms with van der Waals surface area (Å²) in [5.41, 5.74) is 2.73. The Morgan fingerprint density at radius 2 is 1.83 bits per heavy atom. The topological polar surface area (TPSA) is 85.1 Å². The van der Waals surface area contributed by atoms with Gasteiger partial charge in [-0.25, -0.2) is 0 Å². The van der Waals surface area contributed by atoms with Crippen molar-refractivity contribution in [1.29, 1.82) is 0 Å². The molecule has 3 aromatic heterocycles. The van der Waals surface area contributed by atoms with E-state index in [4.69, 9.17) is 0 Å². The summed E-state index contributed by atoms with van der Waals surface area (Å²) in [6.07, 6.45) is 0. The van der Waals surface area contributed by atoms with E-state index < -0.39 is 0 Å². The minimum Gasteiger partial charge on any atom is -0.293 e. The summed E-state index contributed by atoms with van der Waals surface area (Å²) in [5.74, 6) is 0.310. The quantitative estimate of drug-likeness (QED) is 0.432. The second kappa shape index (κ2) is 7.61. The van der Waals surface area contributed by atoms with Gasteiger partial charge in [-0.1, -0.05) is 60.3 Å². The Labute approximate surface area is 174 Å². The number of hydrogen-bond acceptors (Lipinski definition) is 7. The lowest BCUT2D eigenvalue weighted by Crippen LogP contribution is -2.15. The number of fused-ring (bicyclic) bond motifs is 3. The first kappa shape index (κ1) is 17.8. The van der Waals surface area contributed by atoms with Crippen LogP contribution in [0.4, 0.5) is 5.95 Å². The molecular weight excluding hydrogens is 404 g/mol. The van der Waals surface area contributed by atoms with Crippen LogP contribution in [0.25, 0.3) is 27.1 Å². The number of anilines is 1. The Morgan fingerprint density at radius 1 is 1.00 bits per heavy atom. The molecule has 0 aliphatic rings. The standard InChI is InChI=1S/C20H14N6OS2/c27-17(21-19-22-18(29-25-19)14-7-2-1-3-8-14)12-28-20-24-23-16-11-10-13-6-4-5-9-15(13)26(16)20/h1-11H,12H2,(H,21,25,27). The van der Waals surface area contributed by atoms with E-state index >= 15 is 0 Å². The fourth-order valence-corrected chi connectivity index (χ4v) is 4.35. The van der Waals surface area contributed by atoms with E-state index in [0.717, 1.165) is 27.1 Å². The van der Waals surface area contributed by atoms with Crippen LogP contribution in [0.3, 0.4) is 0 Å². The summed E-state index contributed by atoms with van der Waals surface area (Å²) in [5, 5.41) is 13.7. The van der Waals surface area contributed by atoms with Crippen molar-refractivity contribution in [2.75, 3.05) is 11.1 Å². The highest BCUT2D eigenvalue weighted by Crippen LogP contribution is 2.24. The summed E-state index contributed by atoms with van der Waals surface area (Å²) in [4.78, 5) is 16.8. The summed E-state index contributed by atoms with van der Waals surface area (Å²) in [6.45, 7) is 0. The maximum Gasteiger partial charge on any atom is 0.241 e. The van der Waals surface area contributed by atoms with E-state index in [1.807, 2.05) is 71.1 Å². The molecule has 5 rings (SSSR count). The van der Waals surface area contributed by atoms with Gasteiger partial charge in [0.1, 0.15) is 5.01 Å². The second-order valence-corrected chi connectivity index (χ2v) is 7.89. The number of carbonyl (C=O) groups is 1. The lowest BCUT2D eigenvalue weighted by atomic mass is 10.2. The van der Waals surface area contributed by atoms with Crippen molar-refractivity contribution in [2.45, 2.75) is 5.16 Å². The average molecular weight is 419 g/mol. The third-order valence-corrected chi connectivity index (χ3v) is 5.97. The number of thioether (sulfide) groups is 1. The monoisotopic (exact) mass is 418 g/mol. The van der Waals surface area contributed by atoms with Gasteiger partial charge in [-0.3, -0.25) is 14.5 Å². The Bertz CT molecular complexity index is 1310. The van der Waals surface area contributed by atoms with Crippen molar-refractivity contribution in [3.05, 3.63) is 66.7 Å². The molecule has 0 fully saturated rings. The fraction of sp³-hybridized carbons (Fsp3) is 0.0500. The predicted molar refractivity (Wildman–Crippen MR) is 115 cm³/mol. The van der Waals surface area contributed by atoms with Crippen molar-refractivity contribution >= 4 is 51.7 Å². The minimum atomic E-state index is -0.190. The third-order valence-electron chi connectivity index (χ3n) is 4.28. The van der Waals surface area contributed by atoms with E-state index in [1.165, 1.54) is 23.3 Å². The van der Waals surface area contributed by atoms with Gasteiger partial charge < -0.3 is 0 Å². The predicted octanol–water partition coefficient (Wildman–Crippen LogP) is 4.13. The van der Waals surface area contributed by atoms with Crippen LogP contribution in [-0.4, -0.2) is 35.6 Å². The smallest absolute Gasteiger partial charge is 0.241 e. The van der Waals surface area contributed by atoms with Crippen molar-refractivity contribution in [2.24, 2.45) is 0 Å². The number of carbonyl (C=O) groups excluding carboxylic acids is 1. The number of nitrogens with one attached hydrogen (secondary N) is 1. The van der Waals surface area contributed by atoms with Crippen LogP contribution in [0.15, 0.2) is 71.9 Å². The van der Waals surface area contributed by atoms with Crippen molar-refractivity contribution < 1.29 is 4.79 Å². The molecule has 0 unspecified atom stereocenters. The highest BCUT2D eigenvalue weighted by atomic mass is 32.2. The first-order valence-corrected chi connectivity index (χ1v) is 10.6. The summed E-state index contributed by atoms with van der Waals surface area (Å²) < 4.78 is 6.18. The molecule has 2 aromatic carbocycles. The molecule has 29 heavy (non-hydrogen) atoms. The van der Waals surface area contributed by atoms with Crippen LogP contribution in [0.2, 0.25) is 0 Å². The molecule has 0 aliphatic carbocycles. The van der Waals surface area contributed by atoms with Gasteiger partial charge in [0.25, 0.3) is 0 Å². The molecule has 0 saturated carbocycles. The SMILES string of the molecule is O=C(CSc1nnc2ccc3ccccc3n12)Nc1nsc(-c2ccccc2)n1. The van der Waals surface area contributed by atoms with Crippen molar-refractivity contribution in [3.63, 3.8) is 0 Å². The van der Waals surface area contributed by atoms with Gasteiger partial charge in [0.2, 0.25) is 11.9 Å². The zero-order valence-corrected chi connectivity index (χ0v) is 16.7. The van der Waals surface area contributed by atoms with Gasteiger partial charge in [-0.05, 0) is 35.1 Å². The number of para-hydroxylation sites is 1. The molecule has 0 spiro atoms. The van der Waals surface area contributed by atoms with E-state index in [2.05, 4.69) is 24.9 Å².